The lowest BCUT2D eigenvalue weighted by atomic mass is 9.89. The standard InChI is InChI=1S/C21H23F2N7O2/c1-32-18-7-12(6-15(27-18)11-2-3-11)20(31)29-5-4-14(24)13(9-29)17-8-16(19(22)23)28-21-25-10-26-30(17)21/h6-8,10-11,13-14,19H,2-5,9,24H2,1H3/t13-,14?/m1/s1. The molecule has 1 amide bonds. The van der Waals surface area contributed by atoms with Crippen LogP contribution in [-0.2, 0) is 0 Å². The van der Waals surface area contributed by atoms with Crippen molar-refractivity contribution >= 4 is 11.7 Å². The van der Waals surface area contributed by atoms with Gasteiger partial charge in [-0.25, -0.2) is 23.3 Å². The van der Waals surface area contributed by atoms with Crippen LogP contribution in [0.3, 0.4) is 0 Å². The van der Waals surface area contributed by atoms with Crippen molar-refractivity contribution < 1.29 is 18.3 Å². The molecular weight excluding hydrogens is 420 g/mol. The predicted octanol–water partition coefficient (Wildman–Crippen LogP) is 2.30. The summed E-state index contributed by atoms with van der Waals surface area (Å²) in [6.07, 6.45) is 1.14. The Hall–Kier alpha value is -3.21. The SMILES string of the molecule is COc1cc(C(=O)N2CCC(N)[C@H](c3cc(C(F)F)nc4ncnn34)C2)cc(C2CC2)n1. The highest BCUT2D eigenvalue weighted by atomic mass is 19.3. The van der Waals surface area contributed by atoms with E-state index >= 15 is 0 Å². The Morgan fingerprint density at radius 1 is 1.22 bits per heavy atom. The Balaban J connectivity index is 1.47. The number of nitrogens with zero attached hydrogens (tertiary/aromatic N) is 6. The number of pyridine rings is 1. The van der Waals surface area contributed by atoms with Gasteiger partial charge in [-0.15, -0.1) is 0 Å². The number of ether oxygens (including phenoxy) is 1. The van der Waals surface area contributed by atoms with Gasteiger partial charge in [0.2, 0.25) is 5.88 Å². The largest absolute Gasteiger partial charge is 0.481 e. The summed E-state index contributed by atoms with van der Waals surface area (Å²) in [4.78, 5) is 27.4. The van der Waals surface area contributed by atoms with E-state index in [1.807, 2.05) is 6.07 Å². The molecular formula is C21H23F2N7O2. The Morgan fingerprint density at radius 2 is 2.03 bits per heavy atom. The maximum absolute atomic E-state index is 13.4. The lowest BCUT2D eigenvalue weighted by molar-refractivity contribution is 0.0690. The molecule has 1 unspecified atom stereocenters. The number of methoxy groups -OCH3 is 1. The molecule has 1 aliphatic carbocycles. The second-order valence-electron chi connectivity index (χ2n) is 8.29. The van der Waals surface area contributed by atoms with Crippen LogP contribution in [0.1, 0.15) is 65.0 Å². The number of carbonyl (C=O) groups is 1. The molecule has 5 rings (SSSR count). The van der Waals surface area contributed by atoms with E-state index in [4.69, 9.17) is 10.5 Å². The molecule has 0 aromatic carbocycles. The van der Waals surface area contributed by atoms with Crippen molar-refractivity contribution in [3.63, 3.8) is 0 Å². The molecule has 1 saturated heterocycles. The van der Waals surface area contributed by atoms with Gasteiger partial charge in [-0.1, -0.05) is 0 Å². The number of nitrogens with two attached hydrogens (primary N) is 1. The summed E-state index contributed by atoms with van der Waals surface area (Å²) < 4.78 is 33.6. The molecule has 0 spiro atoms. The van der Waals surface area contributed by atoms with Crippen LogP contribution in [-0.4, -0.2) is 61.6 Å². The lowest BCUT2D eigenvalue weighted by Gasteiger charge is -2.37. The number of hydrogen-bond acceptors (Lipinski definition) is 7. The number of halogens is 2. The summed E-state index contributed by atoms with van der Waals surface area (Å²) in [6.45, 7) is 0.734. The van der Waals surface area contributed by atoms with Gasteiger partial charge in [0.15, 0.2) is 0 Å². The number of hydrogen-bond donors (Lipinski definition) is 1. The maximum atomic E-state index is 13.4. The second kappa shape index (κ2) is 8.05. The monoisotopic (exact) mass is 443 g/mol. The summed E-state index contributed by atoms with van der Waals surface area (Å²) in [5.74, 6) is 0.292. The first-order valence-corrected chi connectivity index (χ1v) is 10.5. The zero-order chi connectivity index (χ0) is 22.4. The summed E-state index contributed by atoms with van der Waals surface area (Å²) in [5.41, 5.74) is 7.83. The van der Waals surface area contributed by atoms with E-state index in [1.165, 1.54) is 24.0 Å². The zero-order valence-corrected chi connectivity index (χ0v) is 17.5. The molecule has 168 valence electrons. The van der Waals surface area contributed by atoms with E-state index in [0.717, 1.165) is 18.5 Å². The Morgan fingerprint density at radius 3 is 2.75 bits per heavy atom. The van der Waals surface area contributed by atoms with Crippen molar-refractivity contribution in [3.8, 4) is 5.88 Å². The second-order valence-corrected chi connectivity index (χ2v) is 8.29. The molecule has 2 fully saturated rings. The molecule has 2 N–H and O–H groups in total. The summed E-state index contributed by atoms with van der Waals surface area (Å²) in [5, 5.41) is 4.13. The predicted molar refractivity (Wildman–Crippen MR) is 110 cm³/mol. The molecule has 3 aromatic heterocycles. The summed E-state index contributed by atoms with van der Waals surface area (Å²) >= 11 is 0. The normalized spacial score (nSPS) is 21.3. The van der Waals surface area contributed by atoms with E-state index in [-0.39, 0.29) is 30.0 Å². The summed E-state index contributed by atoms with van der Waals surface area (Å²) in [6, 6.07) is 4.44. The van der Waals surface area contributed by atoms with Crippen LogP contribution in [0.5, 0.6) is 5.88 Å². The van der Waals surface area contributed by atoms with Gasteiger partial charge in [-0.05, 0) is 31.4 Å². The number of amides is 1. The first-order chi connectivity index (χ1) is 15.4. The van der Waals surface area contributed by atoms with E-state index in [1.54, 1.807) is 11.0 Å². The first-order valence-electron chi connectivity index (χ1n) is 10.5. The van der Waals surface area contributed by atoms with E-state index in [2.05, 4.69) is 20.1 Å². The first kappa shape index (κ1) is 20.7. The molecule has 9 nitrogen and oxygen atoms in total. The molecule has 2 atom stereocenters. The van der Waals surface area contributed by atoms with Crippen LogP contribution >= 0.6 is 0 Å². The van der Waals surface area contributed by atoms with Gasteiger partial charge in [0.1, 0.15) is 12.0 Å². The molecule has 0 bridgehead atoms. The maximum Gasteiger partial charge on any atom is 0.280 e. The van der Waals surface area contributed by atoms with Crippen LogP contribution in [0.25, 0.3) is 5.78 Å². The minimum Gasteiger partial charge on any atom is -0.481 e. The molecule has 2 aliphatic rings. The van der Waals surface area contributed by atoms with Crippen molar-refractivity contribution in [2.75, 3.05) is 20.2 Å². The molecule has 4 heterocycles. The van der Waals surface area contributed by atoms with Gasteiger partial charge in [0, 0.05) is 48.3 Å². The smallest absolute Gasteiger partial charge is 0.280 e. The van der Waals surface area contributed by atoms with Crippen molar-refractivity contribution in [3.05, 3.63) is 47.2 Å². The van der Waals surface area contributed by atoms with Gasteiger partial charge in [0.05, 0.1) is 12.8 Å². The average Bonchev–Trinajstić information content (AvgIpc) is 3.55. The highest BCUT2D eigenvalue weighted by Crippen LogP contribution is 2.40. The third-order valence-corrected chi connectivity index (χ3v) is 6.13. The lowest BCUT2D eigenvalue weighted by Crippen LogP contribution is -2.48. The van der Waals surface area contributed by atoms with Crippen LogP contribution in [0.2, 0.25) is 0 Å². The van der Waals surface area contributed by atoms with Crippen molar-refractivity contribution in [1.29, 1.82) is 0 Å². The minimum absolute atomic E-state index is 0.0846. The van der Waals surface area contributed by atoms with Gasteiger partial charge in [0.25, 0.3) is 18.1 Å². The fourth-order valence-corrected chi connectivity index (χ4v) is 4.22. The van der Waals surface area contributed by atoms with Gasteiger partial charge in [-0.3, -0.25) is 4.79 Å². The van der Waals surface area contributed by atoms with E-state index < -0.39 is 12.3 Å². The molecule has 1 saturated carbocycles. The third kappa shape index (κ3) is 3.77. The Labute approximate surface area is 182 Å². The number of fused-ring (bicyclic) bond motifs is 1. The summed E-state index contributed by atoms with van der Waals surface area (Å²) in [7, 11) is 1.52. The topological polar surface area (TPSA) is 112 Å². The van der Waals surface area contributed by atoms with Crippen molar-refractivity contribution in [1.82, 2.24) is 29.5 Å². The molecule has 1 aliphatic heterocycles. The highest BCUT2D eigenvalue weighted by Gasteiger charge is 2.34. The van der Waals surface area contributed by atoms with E-state index in [9.17, 15) is 13.6 Å². The van der Waals surface area contributed by atoms with Gasteiger partial charge < -0.3 is 15.4 Å². The number of alkyl halides is 2. The fourth-order valence-electron chi connectivity index (χ4n) is 4.22. The van der Waals surface area contributed by atoms with Gasteiger partial charge in [-0.2, -0.15) is 10.1 Å². The van der Waals surface area contributed by atoms with Crippen molar-refractivity contribution in [2.24, 2.45) is 5.73 Å². The number of carbonyl (C=O) groups excluding carboxylic acids is 1. The number of aromatic nitrogens is 5. The third-order valence-electron chi connectivity index (χ3n) is 6.13. The highest BCUT2D eigenvalue weighted by molar-refractivity contribution is 5.94. The number of rotatable bonds is 5. The molecule has 32 heavy (non-hydrogen) atoms. The average molecular weight is 443 g/mol. The minimum atomic E-state index is -2.75. The molecule has 3 aromatic rings. The van der Waals surface area contributed by atoms with Crippen LogP contribution in [0, 0.1) is 0 Å². The van der Waals surface area contributed by atoms with Crippen LogP contribution in [0.4, 0.5) is 8.78 Å². The quantitative estimate of drug-likeness (QED) is 0.644. The van der Waals surface area contributed by atoms with Crippen molar-refractivity contribution in [2.45, 2.75) is 43.6 Å². The van der Waals surface area contributed by atoms with E-state index in [0.29, 0.717) is 36.0 Å². The molecule has 0 radical (unpaired) electrons. The van der Waals surface area contributed by atoms with Gasteiger partial charge >= 0.3 is 0 Å². The molecule has 11 heteroatoms. The Bertz CT molecular complexity index is 1160. The van der Waals surface area contributed by atoms with Crippen LogP contribution < -0.4 is 10.5 Å². The fraction of sp³-hybridized carbons (Fsp3) is 0.476. The Kier molecular flexibility index (Phi) is 5.20. The van der Waals surface area contributed by atoms with Crippen LogP contribution in [0.15, 0.2) is 24.5 Å². The number of piperidine rings is 1. The zero-order valence-electron chi connectivity index (χ0n) is 17.5. The number of likely N-dealkylation sites (tertiary alicyclic amines) is 1.